The lowest BCUT2D eigenvalue weighted by molar-refractivity contribution is -0.138. The van der Waals surface area contributed by atoms with Crippen molar-refractivity contribution < 1.29 is 32.5 Å². The molecule has 0 saturated carbocycles. The number of aliphatic carboxylic acids is 1. The van der Waals surface area contributed by atoms with Gasteiger partial charge in [0, 0.05) is 19.5 Å². The van der Waals surface area contributed by atoms with Crippen LogP contribution in [0.1, 0.15) is 37.1 Å². The Morgan fingerprint density at radius 3 is 2.62 bits per heavy atom. The van der Waals surface area contributed by atoms with Crippen LogP contribution >= 0.6 is 0 Å². The highest BCUT2D eigenvalue weighted by Crippen LogP contribution is 2.19. The van der Waals surface area contributed by atoms with Crippen molar-refractivity contribution in [1.29, 1.82) is 0 Å². The lowest BCUT2D eigenvalue weighted by atomic mass is 10.1. The summed E-state index contributed by atoms with van der Waals surface area (Å²) in [6, 6.07) is -1.62. The van der Waals surface area contributed by atoms with E-state index in [0.717, 1.165) is 12.8 Å². The molecule has 0 aliphatic carbocycles. The maximum atomic E-state index is 12.5. The van der Waals surface area contributed by atoms with Gasteiger partial charge in [-0.25, -0.2) is 8.42 Å². The highest BCUT2D eigenvalue weighted by Gasteiger charge is 2.32. The number of nitrogens with one attached hydrogen (secondary N) is 2. The van der Waals surface area contributed by atoms with Gasteiger partial charge in [0.25, 0.3) is 5.91 Å². The van der Waals surface area contributed by atoms with Gasteiger partial charge in [-0.05, 0) is 33.1 Å². The predicted molar refractivity (Wildman–Crippen MR) is 112 cm³/mol. The highest BCUT2D eigenvalue weighted by atomic mass is 32.2. The summed E-state index contributed by atoms with van der Waals surface area (Å²) in [5.41, 5.74) is 10.7. The number of aromatic nitrogens is 1. The summed E-state index contributed by atoms with van der Waals surface area (Å²) in [5.74, 6) is -2.07. The zero-order chi connectivity index (χ0) is 23.9. The van der Waals surface area contributed by atoms with E-state index in [1.807, 2.05) is 4.72 Å². The number of unbranched alkanes of at least 4 members (excludes halogenated alkanes) is 1. The van der Waals surface area contributed by atoms with E-state index in [1.165, 1.54) is 13.8 Å². The summed E-state index contributed by atoms with van der Waals surface area (Å²) in [7, 11) is -4.24. The molecule has 0 spiro atoms. The minimum atomic E-state index is -4.24. The molecule has 1 aromatic heterocycles. The molecule has 1 amide bonds. The van der Waals surface area contributed by atoms with Gasteiger partial charge in [-0.3, -0.25) is 14.6 Å². The maximum Gasteiger partial charge on any atom is 0.323 e. The molecule has 1 aliphatic rings. The first kappa shape index (κ1) is 25.1. The first-order valence-electron chi connectivity index (χ1n) is 9.75. The molecule has 7 N–H and O–H groups in total. The van der Waals surface area contributed by atoms with E-state index in [1.54, 1.807) is 0 Å². The van der Waals surface area contributed by atoms with Gasteiger partial charge in [-0.2, -0.15) is 4.72 Å². The number of hydrogen-bond donors (Lipinski definition) is 5. The smallest absolute Gasteiger partial charge is 0.323 e. The Morgan fingerprint density at radius 1 is 1.31 bits per heavy atom. The van der Waals surface area contributed by atoms with Gasteiger partial charge in [0.15, 0.2) is 11.7 Å². The van der Waals surface area contributed by atoms with Crippen molar-refractivity contribution in [3.8, 4) is 0 Å². The second kappa shape index (κ2) is 10.9. The molecule has 0 radical (unpaired) electrons. The van der Waals surface area contributed by atoms with Crippen LogP contribution in [0.2, 0.25) is 0 Å². The number of carboxylic acid groups (broad SMARTS) is 1. The van der Waals surface area contributed by atoms with Crippen molar-refractivity contribution in [3.05, 3.63) is 11.5 Å². The molecule has 178 valence electrons. The minimum absolute atomic E-state index is 0.0185. The van der Waals surface area contributed by atoms with Crippen LogP contribution in [0.15, 0.2) is 19.6 Å². The van der Waals surface area contributed by atoms with E-state index >= 15 is 0 Å². The van der Waals surface area contributed by atoms with Crippen LogP contribution in [0.4, 0.5) is 0 Å². The van der Waals surface area contributed by atoms with Crippen LogP contribution in [0, 0.1) is 13.8 Å². The molecule has 32 heavy (non-hydrogen) atoms. The molecular weight excluding hydrogens is 446 g/mol. The largest absolute Gasteiger partial charge is 0.480 e. The Balaban J connectivity index is 1.85. The fourth-order valence-corrected chi connectivity index (χ4v) is 4.51. The average molecular weight is 474 g/mol. The van der Waals surface area contributed by atoms with Crippen LogP contribution in [0.5, 0.6) is 0 Å². The number of hydrogen-bond acceptors (Lipinski definition) is 9. The van der Waals surface area contributed by atoms with Crippen molar-refractivity contribution >= 4 is 33.6 Å². The summed E-state index contributed by atoms with van der Waals surface area (Å²) >= 11 is 0. The van der Waals surface area contributed by atoms with Gasteiger partial charge in [-0.1, -0.05) is 10.3 Å². The summed E-state index contributed by atoms with van der Waals surface area (Å²) in [6.45, 7) is 2.79. The molecule has 2 rings (SSSR count). The fourth-order valence-electron chi connectivity index (χ4n) is 2.99. The summed E-state index contributed by atoms with van der Waals surface area (Å²) < 4.78 is 31.9. The molecule has 1 aromatic rings. The molecule has 1 unspecified atom stereocenters. The number of carbonyl (C=O) groups excluding carboxylic acids is 1. The number of carboxylic acids is 1. The van der Waals surface area contributed by atoms with Gasteiger partial charge in [0.1, 0.15) is 28.4 Å². The van der Waals surface area contributed by atoms with Crippen molar-refractivity contribution in [2.45, 2.75) is 56.6 Å². The molecule has 15 heteroatoms. The number of rotatable bonds is 12. The monoisotopic (exact) mass is 473 g/mol. The van der Waals surface area contributed by atoms with Crippen LogP contribution in [-0.2, 0) is 24.4 Å². The lowest BCUT2D eigenvalue weighted by Gasteiger charge is -2.15. The number of nitrogens with two attached hydrogens (primary N) is 2. The Bertz CT molecular complexity index is 979. The van der Waals surface area contributed by atoms with Crippen LogP contribution < -0.4 is 21.5 Å². The van der Waals surface area contributed by atoms with Gasteiger partial charge >= 0.3 is 5.97 Å². The van der Waals surface area contributed by atoms with E-state index < -0.39 is 34.5 Å². The SMILES string of the molecule is Cc1noc(C)c1S(=O)(=O)N[C@@H](CNC(=O)C1=NOC(CCCCN=C(N)N)C1)C(=O)O. The number of oxime groups is 1. The summed E-state index contributed by atoms with van der Waals surface area (Å²) in [6.07, 6.45) is 2.09. The first-order chi connectivity index (χ1) is 15.0. The minimum Gasteiger partial charge on any atom is -0.480 e. The van der Waals surface area contributed by atoms with Gasteiger partial charge in [-0.15, -0.1) is 0 Å². The predicted octanol–water partition coefficient (Wildman–Crippen LogP) is -1.27. The Hall–Kier alpha value is -3.20. The summed E-state index contributed by atoms with van der Waals surface area (Å²) in [4.78, 5) is 32.7. The topological polar surface area (TPSA) is 225 Å². The fraction of sp³-hybridized carbons (Fsp3) is 0.588. The Labute approximate surface area is 184 Å². The molecule has 0 fully saturated rings. The van der Waals surface area contributed by atoms with Crippen LogP contribution in [-0.4, -0.2) is 67.5 Å². The first-order valence-corrected chi connectivity index (χ1v) is 11.2. The molecule has 14 nitrogen and oxygen atoms in total. The number of aryl methyl sites for hydroxylation is 2. The quantitative estimate of drug-likeness (QED) is 0.137. The number of aliphatic imine (C=N–C) groups is 1. The second-order valence-electron chi connectivity index (χ2n) is 7.15. The van der Waals surface area contributed by atoms with E-state index in [9.17, 15) is 23.1 Å². The molecule has 2 atom stereocenters. The number of sulfonamides is 1. The van der Waals surface area contributed by atoms with E-state index in [2.05, 4.69) is 20.6 Å². The standard InChI is InChI=1S/C17H27N7O7S/c1-9-14(10(2)30-22-9)32(28,29)24-13(16(26)27)8-21-15(25)12-7-11(31-23-12)5-3-4-6-20-17(18)19/h11,13,24H,3-8H2,1-2H3,(H,21,25)(H,26,27)(H4,18,19,20)/t11?,13-/m0/s1. The van der Waals surface area contributed by atoms with E-state index in [0.29, 0.717) is 13.0 Å². The molecule has 2 heterocycles. The van der Waals surface area contributed by atoms with Crippen LogP contribution in [0.3, 0.4) is 0 Å². The lowest BCUT2D eigenvalue weighted by Crippen LogP contribution is -2.49. The van der Waals surface area contributed by atoms with Crippen LogP contribution in [0.25, 0.3) is 0 Å². The van der Waals surface area contributed by atoms with Gasteiger partial charge in [0.2, 0.25) is 10.0 Å². The second-order valence-corrected chi connectivity index (χ2v) is 8.80. The molecule has 0 bridgehead atoms. The maximum absolute atomic E-state index is 12.5. The molecule has 0 aromatic carbocycles. The number of carbonyl (C=O) groups is 2. The van der Waals surface area contributed by atoms with Crippen molar-refractivity contribution in [1.82, 2.24) is 15.2 Å². The van der Waals surface area contributed by atoms with Crippen molar-refractivity contribution in [3.63, 3.8) is 0 Å². The van der Waals surface area contributed by atoms with Crippen molar-refractivity contribution in [2.24, 2.45) is 21.6 Å². The number of amides is 1. The number of nitrogens with zero attached hydrogens (tertiary/aromatic N) is 3. The summed E-state index contributed by atoms with van der Waals surface area (Å²) in [5, 5.41) is 19.0. The average Bonchev–Trinajstić information content (AvgIpc) is 3.30. The Kier molecular flexibility index (Phi) is 8.54. The normalized spacial score (nSPS) is 16.7. The zero-order valence-electron chi connectivity index (χ0n) is 17.7. The molecular formula is C17H27N7O7S. The highest BCUT2D eigenvalue weighted by molar-refractivity contribution is 7.89. The third kappa shape index (κ3) is 6.91. The Morgan fingerprint density at radius 2 is 2.03 bits per heavy atom. The van der Waals surface area contributed by atoms with Gasteiger partial charge < -0.3 is 31.3 Å². The third-order valence-electron chi connectivity index (χ3n) is 4.52. The van der Waals surface area contributed by atoms with Crippen molar-refractivity contribution in [2.75, 3.05) is 13.1 Å². The number of guanidine groups is 1. The van der Waals surface area contributed by atoms with Gasteiger partial charge in [0.05, 0.1) is 0 Å². The molecule has 0 saturated heterocycles. The van der Waals surface area contributed by atoms with E-state index in [-0.39, 0.29) is 40.5 Å². The zero-order valence-corrected chi connectivity index (χ0v) is 18.5. The molecule has 1 aliphatic heterocycles. The third-order valence-corrected chi connectivity index (χ3v) is 6.24. The van der Waals surface area contributed by atoms with E-state index in [4.69, 9.17) is 20.8 Å².